The van der Waals surface area contributed by atoms with Crippen molar-refractivity contribution in [2.75, 3.05) is 37.4 Å². The molecule has 1 fully saturated rings. The van der Waals surface area contributed by atoms with E-state index in [0.29, 0.717) is 17.4 Å². The quantitative estimate of drug-likeness (QED) is 0.522. The van der Waals surface area contributed by atoms with E-state index in [1.165, 1.54) is 0 Å². The van der Waals surface area contributed by atoms with Crippen LogP contribution in [0, 0.1) is 0 Å². The van der Waals surface area contributed by atoms with Crippen molar-refractivity contribution in [1.82, 2.24) is 29.9 Å². The summed E-state index contributed by atoms with van der Waals surface area (Å²) in [6.45, 7) is 1.81. The molecule has 9 nitrogen and oxygen atoms in total. The summed E-state index contributed by atoms with van der Waals surface area (Å²) in [5, 5.41) is 16.4. The van der Waals surface area contributed by atoms with E-state index in [1.54, 1.807) is 16.9 Å². The van der Waals surface area contributed by atoms with Crippen LogP contribution in [0.3, 0.4) is 0 Å². The predicted molar refractivity (Wildman–Crippen MR) is 124 cm³/mol. The molecule has 0 unspecified atom stereocenters. The molecule has 1 N–H and O–H groups in total. The summed E-state index contributed by atoms with van der Waals surface area (Å²) in [5.74, 6) is 0.970. The first-order valence-corrected chi connectivity index (χ1v) is 10.4. The summed E-state index contributed by atoms with van der Waals surface area (Å²) < 4.78 is 1.76. The Balaban J connectivity index is 1.34. The lowest BCUT2D eigenvalue weighted by molar-refractivity contribution is 0.102. The number of likely N-dealkylation sites (N-methyl/N-ethyl adjacent to an activating group) is 1. The zero-order valence-corrected chi connectivity index (χ0v) is 18.2. The molecule has 1 aliphatic heterocycles. The number of aromatic nitrogens is 5. The number of nitrogens with one attached hydrogen (secondary N) is 1. The molecule has 1 amide bonds. The number of amides is 1. The SMILES string of the molecule is CN(C)C1CN(c2cc(C(=O)Nc3cc4cc(-c5cnn(C)c5)ccc4nn3)ccn2)C1. The van der Waals surface area contributed by atoms with Crippen molar-refractivity contribution in [3.63, 3.8) is 0 Å². The van der Waals surface area contributed by atoms with Crippen LogP contribution in [0.25, 0.3) is 22.0 Å². The molecule has 0 aliphatic carbocycles. The van der Waals surface area contributed by atoms with Gasteiger partial charge in [0.25, 0.3) is 5.91 Å². The molecule has 0 spiro atoms. The van der Waals surface area contributed by atoms with Gasteiger partial charge in [0.15, 0.2) is 5.82 Å². The minimum Gasteiger partial charge on any atom is -0.353 e. The molecule has 1 aliphatic rings. The van der Waals surface area contributed by atoms with Crippen LogP contribution in [0.1, 0.15) is 10.4 Å². The zero-order valence-electron chi connectivity index (χ0n) is 18.2. The predicted octanol–water partition coefficient (Wildman–Crippen LogP) is 2.43. The largest absolute Gasteiger partial charge is 0.353 e. The van der Waals surface area contributed by atoms with Gasteiger partial charge in [-0.2, -0.15) is 5.10 Å². The van der Waals surface area contributed by atoms with E-state index in [0.717, 1.165) is 40.9 Å². The minimum atomic E-state index is -0.240. The molecule has 32 heavy (non-hydrogen) atoms. The minimum absolute atomic E-state index is 0.240. The molecule has 4 aromatic rings. The van der Waals surface area contributed by atoms with Gasteiger partial charge in [-0.1, -0.05) is 6.07 Å². The number of benzene rings is 1. The maximum Gasteiger partial charge on any atom is 0.257 e. The van der Waals surface area contributed by atoms with Gasteiger partial charge >= 0.3 is 0 Å². The fourth-order valence-corrected chi connectivity index (χ4v) is 3.75. The number of pyridine rings is 1. The molecule has 162 valence electrons. The Bertz CT molecular complexity index is 1290. The lowest BCUT2D eigenvalue weighted by Gasteiger charge is -2.43. The van der Waals surface area contributed by atoms with Crippen molar-refractivity contribution in [3.05, 3.63) is 60.6 Å². The van der Waals surface area contributed by atoms with Gasteiger partial charge in [0, 0.05) is 55.1 Å². The fourth-order valence-electron chi connectivity index (χ4n) is 3.75. The van der Waals surface area contributed by atoms with Crippen LogP contribution >= 0.6 is 0 Å². The summed E-state index contributed by atoms with van der Waals surface area (Å²) in [6, 6.07) is 11.8. The lowest BCUT2D eigenvalue weighted by atomic mass is 10.1. The first kappa shape index (κ1) is 20.1. The van der Waals surface area contributed by atoms with E-state index >= 15 is 0 Å². The molecule has 0 saturated carbocycles. The Hall–Kier alpha value is -3.85. The molecule has 0 atom stereocenters. The first-order valence-electron chi connectivity index (χ1n) is 10.4. The van der Waals surface area contributed by atoms with Crippen molar-refractivity contribution in [2.24, 2.45) is 7.05 Å². The number of fused-ring (bicyclic) bond motifs is 1. The summed E-state index contributed by atoms with van der Waals surface area (Å²) in [4.78, 5) is 21.6. The van der Waals surface area contributed by atoms with Crippen molar-refractivity contribution in [2.45, 2.75) is 6.04 Å². The first-order chi connectivity index (χ1) is 15.5. The van der Waals surface area contributed by atoms with E-state index in [2.05, 4.69) is 49.5 Å². The number of aryl methyl sites for hydroxylation is 1. The second-order valence-electron chi connectivity index (χ2n) is 8.29. The van der Waals surface area contributed by atoms with Crippen molar-refractivity contribution in [3.8, 4) is 11.1 Å². The smallest absolute Gasteiger partial charge is 0.257 e. The summed E-state index contributed by atoms with van der Waals surface area (Å²) in [6.07, 6.45) is 5.44. The zero-order chi connectivity index (χ0) is 22.2. The molecule has 3 aromatic heterocycles. The van der Waals surface area contributed by atoms with Gasteiger partial charge in [0.2, 0.25) is 0 Å². The Morgan fingerprint density at radius 2 is 1.94 bits per heavy atom. The van der Waals surface area contributed by atoms with E-state index in [4.69, 9.17) is 0 Å². The van der Waals surface area contributed by atoms with E-state index in [-0.39, 0.29) is 5.91 Å². The number of hydrogen-bond acceptors (Lipinski definition) is 7. The Morgan fingerprint density at radius 3 is 2.69 bits per heavy atom. The number of anilines is 2. The maximum atomic E-state index is 12.9. The third-order valence-electron chi connectivity index (χ3n) is 5.79. The van der Waals surface area contributed by atoms with Crippen LogP contribution in [0.2, 0.25) is 0 Å². The molecular formula is C23H24N8O. The number of carbonyl (C=O) groups is 1. The normalized spacial score (nSPS) is 14.1. The Labute approximate surface area is 185 Å². The summed E-state index contributed by atoms with van der Waals surface area (Å²) in [5.41, 5.74) is 3.34. The highest BCUT2D eigenvalue weighted by atomic mass is 16.1. The van der Waals surface area contributed by atoms with Gasteiger partial charge in [-0.3, -0.25) is 9.48 Å². The second-order valence-corrected chi connectivity index (χ2v) is 8.29. The van der Waals surface area contributed by atoms with Crippen LogP contribution < -0.4 is 10.2 Å². The summed E-state index contributed by atoms with van der Waals surface area (Å²) in [7, 11) is 6.03. The average molecular weight is 429 g/mol. The second kappa shape index (κ2) is 8.01. The topological polar surface area (TPSA) is 92.1 Å². The van der Waals surface area contributed by atoms with Crippen molar-refractivity contribution in [1.29, 1.82) is 0 Å². The average Bonchev–Trinajstić information content (AvgIpc) is 3.18. The van der Waals surface area contributed by atoms with Crippen LogP contribution in [0.4, 0.5) is 11.6 Å². The monoisotopic (exact) mass is 428 g/mol. The van der Waals surface area contributed by atoms with Gasteiger partial charge in [0.1, 0.15) is 5.82 Å². The molecule has 4 heterocycles. The van der Waals surface area contributed by atoms with Gasteiger partial charge in [-0.05, 0) is 50.0 Å². The maximum absolute atomic E-state index is 12.9. The van der Waals surface area contributed by atoms with Gasteiger partial charge in [-0.15, -0.1) is 10.2 Å². The molecular weight excluding hydrogens is 404 g/mol. The standard InChI is InChI=1S/C23H24N8O/c1-29(2)19-13-31(14-19)22-10-16(6-7-24-22)23(32)26-21-9-17-8-15(4-5-20(17)27-28-21)18-11-25-30(3)12-18/h4-12,19H,13-14H2,1-3H3,(H,26,28,32). The fraction of sp³-hybridized carbons (Fsp3) is 0.261. The lowest BCUT2D eigenvalue weighted by Crippen LogP contribution is -2.57. The van der Waals surface area contributed by atoms with Crippen LogP contribution in [-0.2, 0) is 7.05 Å². The number of hydrogen-bond donors (Lipinski definition) is 1. The highest BCUT2D eigenvalue weighted by Crippen LogP contribution is 2.25. The van der Waals surface area contributed by atoms with E-state index in [9.17, 15) is 4.79 Å². The Kier molecular flexibility index (Phi) is 5.02. The third-order valence-corrected chi connectivity index (χ3v) is 5.79. The Morgan fingerprint density at radius 1 is 1.09 bits per heavy atom. The van der Waals surface area contributed by atoms with E-state index < -0.39 is 0 Å². The van der Waals surface area contributed by atoms with E-state index in [1.807, 2.05) is 49.8 Å². The molecule has 5 rings (SSSR count). The molecule has 1 saturated heterocycles. The molecule has 9 heteroatoms. The number of nitrogens with zero attached hydrogens (tertiary/aromatic N) is 7. The molecule has 0 bridgehead atoms. The molecule has 1 aromatic carbocycles. The van der Waals surface area contributed by atoms with Gasteiger partial charge in [0.05, 0.1) is 11.7 Å². The number of carbonyl (C=O) groups excluding carboxylic acids is 1. The highest BCUT2D eigenvalue weighted by Gasteiger charge is 2.29. The van der Waals surface area contributed by atoms with Crippen molar-refractivity contribution >= 4 is 28.4 Å². The van der Waals surface area contributed by atoms with Crippen LogP contribution in [-0.4, -0.2) is 69.0 Å². The third kappa shape index (κ3) is 3.90. The number of rotatable bonds is 5. The highest BCUT2D eigenvalue weighted by molar-refractivity contribution is 6.04. The summed E-state index contributed by atoms with van der Waals surface area (Å²) >= 11 is 0. The van der Waals surface area contributed by atoms with Crippen LogP contribution in [0.5, 0.6) is 0 Å². The molecule has 0 radical (unpaired) electrons. The van der Waals surface area contributed by atoms with Gasteiger partial charge in [-0.25, -0.2) is 4.98 Å². The van der Waals surface area contributed by atoms with Crippen molar-refractivity contribution < 1.29 is 4.79 Å². The van der Waals surface area contributed by atoms with Crippen LogP contribution in [0.15, 0.2) is 55.0 Å². The van der Waals surface area contributed by atoms with Gasteiger partial charge < -0.3 is 15.1 Å².